The smallest absolute Gasteiger partial charge is 0.103 e. The molecule has 3 nitrogen and oxygen atoms in total. The Bertz CT molecular complexity index is 598. The molecular formula is C20H28N2O. The first-order chi connectivity index (χ1) is 11.2. The van der Waals surface area contributed by atoms with Gasteiger partial charge in [0.1, 0.15) is 5.76 Å². The van der Waals surface area contributed by atoms with Crippen LogP contribution < -0.4 is 10.2 Å². The van der Waals surface area contributed by atoms with Crippen LogP contribution in [0.1, 0.15) is 36.1 Å². The van der Waals surface area contributed by atoms with Crippen LogP contribution in [-0.4, -0.2) is 25.7 Å². The van der Waals surface area contributed by atoms with Crippen molar-refractivity contribution >= 4 is 5.69 Å². The van der Waals surface area contributed by atoms with E-state index >= 15 is 0 Å². The molecule has 0 saturated carbocycles. The Labute approximate surface area is 139 Å². The number of nitrogens with zero attached hydrogens (tertiary/aromatic N) is 1. The van der Waals surface area contributed by atoms with Gasteiger partial charge in [-0.1, -0.05) is 12.1 Å². The molecule has 23 heavy (non-hydrogen) atoms. The molecule has 1 aliphatic heterocycles. The van der Waals surface area contributed by atoms with Gasteiger partial charge in [0.05, 0.1) is 6.26 Å². The van der Waals surface area contributed by atoms with Gasteiger partial charge in [0, 0.05) is 31.2 Å². The zero-order chi connectivity index (χ0) is 16.1. The molecule has 2 aromatic rings. The summed E-state index contributed by atoms with van der Waals surface area (Å²) in [5.41, 5.74) is 4.24. The second-order valence-corrected chi connectivity index (χ2v) is 6.62. The van der Waals surface area contributed by atoms with Gasteiger partial charge in [0.15, 0.2) is 0 Å². The van der Waals surface area contributed by atoms with E-state index in [2.05, 4.69) is 48.3 Å². The third-order valence-corrected chi connectivity index (χ3v) is 5.02. The van der Waals surface area contributed by atoms with Gasteiger partial charge in [-0.15, -0.1) is 0 Å². The Balaban J connectivity index is 1.41. The lowest BCUT2D eigenvalue weighted by Gasteiger charge is -2.35. The first-order valence-electron chi connectivity index (χ1n) is 8.81. The van der Waals surface area contributed by atoms with E-state index in [0.717, 1.165) is 38.2 Å². The van der Waals surface area contributed by atoms with E-state index in [1.54, 1.807) is 6.26 Å². The minimum atomic E-state index is 0.660. The molecule has 1 saturated heterocycles. The fourth-order valence-corrected chi connectivity index (χ4v) is 3.43. The summed E-state index contributed by atoms with van der Waals surface area (Å²) in [4.78, 5) is 2.55. The Morgan fingerprint density at radius 2 is 1.96 bits per heavy atom. The molecule has 0 amide bonds. The van der Waals surface area contributed by atoms with Crippen LogP contribution in [0.3, 0.4) is 0 Å². The maximum Gasteiger partial charge on any atom is 0.103 e. The van der Waals surface area contributed by atoms with Gasteiger partial charge >= 0.3 is 0 Å². The number of furan rings is 1. The van der Waals surface area contributed by atoms with Crippen LogP contribution in [0.4, 0.5) is 5.69 Å². The fraction of sp³-hybridized carbons (Fsp3) is 0.500. The molecule has 0 bridgehead atoms. The quantitative estimate of drug-likeness (QED) is 0.815. The van der Waals surface area contributed by atoms with Gasteiger partial charge in [-0.3, -0.25) is 0 Å². The lowest BCUT2D eigenvalue weighted by molar-refractivity contribution is 0.407. The van der Waals surface area contributed by atoms with Gasteiger partial charge in [0.25, 0.3) is 0 Å². The molecule has 0 unspecified atom stereocenters. The van der Waals surface area contributed by atoms with Gasteiger partial charge in [0.2, 0.25) is 0 Å². The van der Waals surface area contributed by atoms with E-state index in [1.807, 2.05) is 6.07 Å². The second-order valence-electron chi connectivity index (χ2n) is 6.62. The number of benzene rings is 1. The van der Waals surface area contributed by atoms with E-state index in [0.29, 0.717) is 6.04 Å². The molecule has 1 fully saturated rings. The average Bonchev–Trinajstić information content (AvgIpc) is 3.08. The zero-order valence-electron chi connectivity index (χ0n) is 14.3. The predicted octanol–water partition coefficient (Wildman–Crippen LogP) is 4.09. The molecule has 124 valence electrons. The molecule has 3 rings (SSSR count). The van der Waals surface area contributed by atoms with Crippen molar-refractivity contribution in [1.29, 1.82) is 0 Å². The molecule has 2 heterocycles. The van der Waals surface area contributed by atoms with Crippen molar-refractivity contribution in [3.05, 3.63) is 53.5 Å². The topological polar surface area (TPSA) is 28.4 Å². The highest BCUT2D eigenvalue weighted by Crippen LogP contribution is 2.25. The lowest BCUT2D eigenvalue weighted by Crippen LogP contribution is -2.43. The normalized spacial score (nSPS) is 16.0. The maximum atomic E-state index is 5.37. The molecular weight excluding hydrogens is 284 g/mol. The zero-order valence-corrected chi connectivity index (χ0v) is 14.3. The third kappa shape index (κ3) is 4.17. The monoisotopic (exact) mass is 312 g/mol. The Kier molecular flexibility index (Phi) is 5.39. The van der Waals surface area contributed by atoms with Crippen LogP contribution in [0.25, 0.3) is 0 Å². The summed E-state index contributed by atoms with van der Waals surface area (Å²) >= 11 is 0. The van der Waals surface area contributed by atoms with Gasteiger partial charge in [-0.2, -0.15) is 0 Å². The summed E-state index contributed by atoms with van der Waals surface area (Å²) < 4.78 is 5.37. The Morgan fingerprint density at radius 3 is 2.70 bits per heavy atom. The van der Waals surface area contributed by atoms with E-state index in [-0.39, 0.29) is 0 Å². The number of nitrogens with one attached hydrogen (secondary N) is 1. The van der Waals surface area contributed by atoms with Crippen molar-refractivity contribution in [2.75, 3.05) is 24.5 Å². The second kappa shape index (κ2) is 7.69. The van der Waals surface area contributed by atoms with Crippen LogP contribution in [0.5, 0.6) is 0 Å². The van der Waals surface area contributed by atoms with Gasteiger partial charge < -0.3 is 14.6 Å². The molecule has 0 aliphatic carbocycles. The van der Waals surface area contributed by atoms with E-state index < -0.39 is 0 Å². The van der Waals surface area contributed by atoms with Gasteiger partial charge in [-0.05, 0) is 69.0 Å². The van der Waals surface area contributed by atoms with Crippen molar-refractivity contribution in [3.8, 4) is 0 Å². The molecule has 1 aliphatic rings. The molecule has 1 N–H and O–H groups in total. The summed E-state index contributed by atoms with van der Waals surface area (Å²) in [5.74, 6) is 1.09. The van der Waals surface area contributed by atoms with E-state index in [9.17, 15) is 0 Å². The number of hydrogen-bond donors (Lipinski definition) is 1. The summed E-state index contributed by atoms with van der Waals surface area (Å²) in [6.45, 7) is 7.82. The van der Waals surface area contributed by atoms with Crippen LogP contribution >= 0.6 is 0 Å². The molecule has 1 aromatic heterocycles. The van der Waals surface area contributed by atoms with Gasteiger partial charge in [-0.25, -0.2) is 0 Å². The molecule has 0 radical (unpaired) electrons. The highest BCUT2D eigenvalue weighted by Gasteiger charge is 2.20. The highest BCUT2D eigenvalue weighted by molar-refractivity contribution is 5.56. The third-order valence-electron chi connectivity index (χ3n) is 5.02. The van der Waals surface area contributed by atoms with Crippen molar-refractivity contribution in [2.24, 2.45) is 0 Å². The Hall–Kier alpha value is -1.74. The number of rotatable bonds is 6. The number of piperidine rings is 1. The van der Waals surface area contributed by atoms with Crippen LogP contribution in [0.2, 0.25) is 0 Å². The van der Waals surface area contributed by atoms with E-state index in [1.165, 1.54) is 29.7 Å². The van der Waals surface area contributed by atoms with Crippen LogP contribution in [0.15, 0.2) is 41.0 Å². The molecule has 3 heteroatoms. The fourth-order valence-electron chi connectivity index (χ4n) is 3.43. The predicted molar refractivity (Wildman–Crippen MR) is 96.2 cm³/mol. The van der Waals surface area contributed by atoms with Crippen molar-refractivity contribution in [1.82, 2.24) is 5.32 Å². The highest BCUT2D eigenvalue weighted by atomic mass is 16.3. The number of anilines is 1. The lowest BCUT2D eigenvalue weighted by atomic mass is 10.0. The van der Waals surface area contributed by atoms with Crippen LogP contribution in [-0.2, 0) is 6.42 Å². The molecule has 0 spiro atoms. The van der Waals surface area contributed by atoms with Crippen molar-refractivity contribution in [2.45, 2.75) is 45.6 Å². The number of hydrogen-bond acceptors (Lipinski definition) is 3. The molecule has 1 aromatic carbocycles. The summed E-state index contributed by atoms with van der Waals surface area (Å²) in [6, 6.07) is 11.3. The summed E-state index contributed by atoms with van der Waals surface area (Å²) in [7, 11) is 0. The average molecular weight is 312 g/mol. The minimum absolute atomic E-state index is 0.660. The van der Waals surface area contributed by atoms with E-state index in [4.69, 9.17) is 4.42 Å². The summed E-state index contributed by atoms with van der Waals surface area (Å²) in [5, 5.41) is 3.71. The molecule has 0 atom stereocenters. The number of aryl methyl sites for hydroxylation is 2. The Morgan fingerprint density at radius 1 is 1.13 bits per heavy atom. The summed E-state index contributed by atoms with van der Waals surface area (Å²) in [6.07, 6.45) is 6.39. The van der Waals surface area contributed by atoms with Crippen LogP contribution in [0, 0.1) is 13.8 Å². The minimum Gasteiger partial charge on any atom is -0.469 e. The SMILES string of the molecule is Cc1cccc(N2CCC(NCCCc3ccco3)CC2)c1C. The first-order valence-corrected chi connectivity index (χ1v) is 8.81. The largest absolute Gasteiger partial charge is 0.469 e. The standard InChI is InChI=1S/C20H28N2O/c1-16-6-3-9-20(17(16)2)22-13-10-18(11-14-22)21-12-4-7-19-8-5-15-23-19/h3,5-6,8-9,15,18,21H,4,7,10-14H2,1-2H3. The maximum absolute atomic E-state index is 5.37. The first kappa shape index (κ1) is 16.1. The van der Waals surface area contributed by atoms with Crippen molar-refractivity contribution in [3.63, 3.8) is 0 Å². The van der Waals surface area contributed by atoms with Crippen molar-refractivity contribution < 1.29 is 4.42 Å².